The van der Waals surface area contributed by atoms with Crippen molar-refractivity contribution < 1.29 is 18.3 Å². The molecule has 0 fully saturated rings. The van der Waals surface area contributed by atoms with Crippen LogP contribution in [0.4, 0.5) is 14.5 Å². The number of hydrogen-bond donors (Lipinski definition) is 1. The van der Waals surface area contributed by atoms with Gasteiger partial charge in [0.25, 0.3) is 0 Å². The standard InChI is InChI=1S/C9H9F2NO2/c1-5(13)12-7-4-3-6(10)8(11)9(7)14-2/h3-4H,1-2H3,(H,12,13). The summed E-state index contributed by atoms with van der Waals surface area (Å²) in [5.41, 5.74) is 0.110. The van der Waals surface area contributed by atoms with Crippen molar-refractivity contribution in [1.82, 2.24) is 0 Å². The van der Waals surface area contributed by atoms with Crippen LogP contribution in [0.1, 0.15) is 6.92 Å². The average molecular weight is 201 g/mol. The Hall–Kier alpha value is -1.65. The van der Waals surface area contributed by atoms with Crippen molar-refractivity contribution in [1.29, 1.82) is 0 Å². The zero-order valence-electron chi connectivity index (χ0n) is 7.73. The second-order valence-corrected chi connectivity index (χ2v) is 2.62. The topological polar surface area (TPSA) is 38.3 Å². The van der Waals surface area contributed by atoms with E-state index < -0.39 is 11.6 Å². The zero-order chi connectivity index (χ0) is 10.7. The second kappa shape index (κ2) is 4.04. The Morgan fingerprint density at radius 3 is 2.57 bits per heavy atom. The molecule has 1 aromatic rings. The van der Waals surface area contributed by atoms with Gasteiger partial charge in [-0.1, -0.05) is 0 Å². The SMILES string of the molecule is COc1c(NC(C)=O)ccc(F)c1F. The van der Waals surface area contributed by atoms with Crippen LogP contribution in [0.2, 0.25) is 0 Å². The van der Waals surface area contributed by atoms with E-state index in [2.05, 4.69) is 10.1 Å². The number of amides is 1. The molecule has 5 heteroatoms. The van der Waals surface area contributed by atoms with Crippen LogP contribution in [0, 0.1) is 11.6 Å². The number of carbonyl (C=O) groups is 1. The van der Waals surface area contributed by atoms with Crippen LogP contribution in [-0.2, 0) is 4.79 Å². The molecule has 76 valence electrons. The van der Waals surface area contributed by atoms with E-state index in [4.69, 9.17) is 0 Å². The lowest BCUT2D eigenvalue weighted by molar-refractivity contribution is -0.114. The molecule has 1 rings (SSSR count). The Bertz CT molecular complexity index is 366. The second-order valence-electron chi connectivity index (χ2n) is 2.62. The molecule has 0 saturated heterocycles. The summed E-state index contributed by atoms with van der Waals surface area (Å²) in [5, 5.41) is 2.32. The lowest BCUT2D eigenvalue weighted by Crippen LogP contribution is -2.08. The number of anilines is 1. The molecule has 0 aromatic heterocycles. The number of nitrogens with one attached hydrogen (secondary N) is 1. The van der Waals surface area contributed by atoms with Crippen molar-refractivity contribution in [2.45, 2.75) is 6.92 Å². The Labute approximate surface area is 79.7 Å². The molecular weight excluding hydrogens is 192 g/mol. The fourth-order valence-corrected chi connectivity index (χ4v) is 1.02. The molecule has 0 heterocycles. The summed E-state index contributed by atoms with van der Waals surface area (Å²) in [6.07, 6.45) is 0. The molecule has 0 bridgehead atoms. The van der Waals surface area contributed by atoms with Gasteiger partial charge in [-0.3, -0.25) is 4.79 Å². The lowest BCUT2D eigenvalue weighted by Gasteiger charge is -2.09. The minimum atomic E-state index is -1.11. The fraction of sp³-hybridized carbons (Fsp3) is 0.222. The quantitative estimate of drug-likeness (QED) is 0.793. The summed E-state index contributed by atoms with van der Waals surface area (Å²) in [6.45, 7) is 1.26. The van der Waals surface area contributed by atoms with Gasteiger partial charge in [-0.05, 0) is 12.1 Å². The molecular formula is C9H9F2NO2. The summed E-state index contributed by atoms with van der Waals surface area (Å²) in [6, 6.07) is 2.15. The van der Waals surface area contributed by atoms with Crippen LogP contribution in [-0.4, -0.2) is 13.0 Å². The molecule has 3 nitrogen and oxygen atoms in total. The Morgan fingerprint density at radius 1 is 1.43 bits per heavy atom. The summed E-state index contributed by atoms with van der Waals surface area (Å²) in [7, 11) is 1.20. The maximum atomic E-state index is 13.1. The van der Waals surface area contributed by atoms with Crippen molar-refractivity contribution >= 4 is 11.6 Å². The number of carbonyl (C=O) groups excluding carboxylic acids is 1. The van der Waals surface area contributed by atoms with E-state index in [0.717, 1.165) is 6.07 Å². The molecule has 0 aliphatic carbocycles. The highest BCUT2D eigenvalue weighted by molar-refractivity contribution is 5.90. The molecule has 0 saturated carbocycles. The highest BCUT2D eigenvalue weighted by atomic mass is 19.2. The summed E-state index contributed by atoms with van der Waals surface area (Å²) in [5.74, 6) is -2.82. The van der Waals surface area contributed by atoms with Crippen LogP contribution in [0.15, 0.2) is 12.1 Å². The zero-order valence-corrected chi connectivity index (χ0v) is 7.73. The third-order valence-corrected chi connectivity index (χ3v) is 1.56. The summed E-state index contributed by atoms with van der Waals surface area (Å²) < 4.78 is 30.4. The van der Waals surface area contributed by atoms with Crippen molar-refractivity contribution in [3.63, 3.8) is 0 Å². The van der Waals surface area contributed by atoms with Gasteiger partial charge in [0.05, 0.1) is 12.8 Å². The molecule has 0 atom stereocenters. The van der Waals surface area contributed by atoms with Crippen LogP contribution >= 0.6 is 0 Å². The molecule has 1 N–H and O–H groups in total. The van der Waals surface area contributed by atoms with Gasteiger partial charge < -0.3 is 10.1 Å². The van der Waals surface area contributed by atoms with Gasteiger partial charge in [0.2, 0.25) is 11.7 Å². The Morgan fingerprint density at radius 2 is 2.07 bits per heavy atom. The predicted molar refractivity (Wildman–Crippen MR) is 47.2 cm³/mol. The summed E-state index contributed by atoms with van der Waals surface area (Å²) in [4.78, 5) is 10.7. The van der Waals surface area contributed by atoms with E-state index in [9.17, 15) is 13.6 Å². The molecule has 1 amide bonds. The van der Waals surface area contributed by atoms with Gasteiger partial charge in [0.15, 0.2) is 11.6 Å². The number of rotatable bonds is 2. The van der Waals surface area contributed by atoms with Crippen LogP contribution in [0.3, 0.4) is 0 Å². The number of hydrogen-bond acceptors (Lipinski definition) is 2. The van der Waals surface area contributed by atoms with E-state index in [1.54, 1.807) is 0 Å². The normalized spacial score (nSPS) is 9.71. The first kappa shape index (κ1) is 10.4. The van der Waals surface area contributed by atoms with Crippen molar-refractivity contribution in [2.75, 3.05) is 12.4 Å². The number of methoxy groups -OCH3 is 1. The minimum absolute atomic E-state index is 0.110. The van der Waals surface area contributed by atoms with Gasteiger partial charge in [0.1, 0.15) is 0 Å². The van der Waals surface area contributed by atoms with Gasteiger partial charge in [-0.15, -0.1) is 0 Å². The van der Waals surface area contributed by atoms with Gasteiger partial charge in [-0.2, -0.15) is 4.39 Å². The van der Waals surface area contributed by atoms with Gasteiger partial charge >= 0.3 is 0 Å². The minimum Gasteiger partial charge on any atom is -0.491 e. The van der Waals surface area contributed by atoms with E-state index >= 15 is 0 Å². The van der Waals surface area contributed by atoms with E-state index in [-0.39, 0.29) is 17.3 Å². The largest absolute Gasteiger partial charge is 0.491 e. The number of benzene rings is 1. The lowest BCUT2D eigenvalue weighted by atomic mass is 10.2. The Kier molecular flexibility index (Phi) is 3.01. The number of ether oxygens (including phenoxy) is 1. The van der Waals surface area contributed by atoms with E-state index in [1.165, 1.54) is 20.1 Å². The predicted octanol–water partition coefficient (Wildman–Crippen LogP) is 1.93. The first-order valence-electron chi connectivity index (χ1n) is 3.86. The molecule has 0 spiro atoms. The average Bonchev–Trinajstić information content (AvgIpc) is 2.11. The maximum Gasteiger partial charge on any atom is 0.221 e. The van der Waals surface area contributed by atoms with Gasteiger partial charge in [-0.25, -0.2) is 4.39 Å². The molecule has 14 heavy (non-hydrogen) atoms. The van der Waals surface area contributed by atoms with Crippen LogP contribution in [0.5, 0.6) is 5.75 Å². The third-order valence-electron chi connectivity index (χ3n) is 1.56. The Balaban J connectivity index is 3.17. The fourth-order valence-electron chi connectivity index (χ4n) is 1.02. The summed E-state index contributed by atoms with van der Waals surface area (Å²) >= 11 is 0. The first-order chi connectivity index (χ1) is 6.56. The molecule has 0 aliphatic heterocycles. The van der Waals surface area contributed by atoms with Crippen molar-refractivity contribution in [2.24, 2.45) is 0 Å². The van der Waals surface area contributed by atoms with Crippen LogP contribution < -0.4 is 10.1 Å². The van der Waals surface area contributed by atoms with E-state index in [1.807, 2.05) is 0 Å². The highest BCUT2D eigenvalue weighted by Gasteiger charge is 2.14. The van der Waals surface area contributed by atoms with Crippen molar-refractivity contribution in [3.05, 3.63) is 23.8 Å². The highest BCUT2D eigenvalue weighted by Crippen LogP contribution is 2.29. The molecule has 0 unspecified atom stereocenters. The number of halogens is 2. The van der Waals surface area contributed by atoms with Crippen LogP contribution in [0.25, 0.3) is 0 Å². The van der Waals surface area contributed by atoms with Crippen molar-refractivity contribution in [3.8, 4) is 5.75 Å². The smallest absolute Gasteiger partial charge is 0.221 e. The van der Waals surface area contributed by atoms with Gasteiger partial charge in [0, 0.05) is 6.92 Å². The van der Waals surface area contributed by atoms with E-state index in [0.29, 0.717) is 0 Å². The molecule has 0 radical (unpaired) electrons. The molecule has 1 aromatic carbocycles. The first-order valence-corrected chi connectivity index (χ1v) is 3.86. The molecule has 0 aliphatic rings. The maximum absolute atomic E-state index is 13.1. The monoisotopic (exact) mass is 201 g/mol. The third kappa shape index (κ3) is 1.99.